The molecule has 0 atom stereocenters. The van der Waals surface area contributed by atoms with E-state index in [9.17, 15) is 9.59 Å². The lowest BCUT2D eigenvalue weighted by atomic mass is 10.1. The van der Waals surface area contributed by atoms with Crippen molar-refractivity contribution in [2.24, 2.45) is 0 Å². The Morgan fingerprint density at radius 1 is 1.13 bits per heavy atom. The third-order valence-corrected chi connectivity index (χ3v) is 3.18. The van der Waals surface area contributed by atoms with Gasteiger partial charge in [-0.15, -0.1) is 5.10 Å². The van der Waals surface area contributed by atoms with Crippen LogP contribution in [0.1, 0.15) is 15.9 Å². The molecule has 0 fully saturated rings. The van der Waals surface area contributed by atoms with E-state index < -0.39 is 5.97 Å². The molecule has 0 bridgehead atoms. The monoisotopic (exact) mass is 308 g/mol. The van der Waals surface area contributed by atoms with Gasteiger partial charge in [0, 0.05) is 17.3 Å². The van der Waals surface area contributed by atoms with Gasteiger partial charge in [0.2, 0.25) is 0 Å². The van der Waals surface area contributed by atoms with Gasteiger partial charge in [0.1, 0.15) is 5.52 Å². The fourth-order valence-corrected chi connectivity index (χ4v) is 2.03. The third-order valence-electron chi connectivity index (χ3n) is 3.18. The van der Waals surface area contributed by atoms with Crippen molar-refractivity contribution in [3.63, 3.8) is 0 Å². The van der Waals surface area contributed by atoms with Crippen LogP contribution in [-0.4, -0.2) is 32.4 Å². The minimum Gasteiger partial charge on any atom is -0.478 e. The molecule has 0 spiro atoms. The molecule has 3 rings (SSSR count). The summed E-state index contributed by atoms with van der Waals surface area (Å²) < 4.78 is 0. The van der Waals surface area contributed by atoms with Gasteiger partial charge in [0.15, 0.2) is 0 Å². The Balaban J connectivity index is 1.73. The first-order valence-corrected chi connectivity index (χ1v) is 6.75. The number of aromatic amines is 1. The van der Waals surface area contributed by atoms with Crippen molar-refractivity contribution < 1.29 is 14.7 Å². The van der Waals surface area contributed by atoms with Crippen LogP contribution in [-0.2, 0) is 4.79 Å². The molecule has 114 valence electrons. The lowest BCUT2D eigenvalue weighted by Gasteiger charge is -2.05. The summed E-state index contributed by atoms with van der Waals surface area (Å²) in [5, 5.41) is 21.6. The maximum atomic E-state index is 12.2. The molecule has 2 aromatic carbocycles. The number of nitrogens with zero attached hydrogens (tertiary/aromatic N) is 2. The van der Waals surface area contributed by atoms with E-state index in [0.29, 0.717) is 16.8 Å². The van der Waals surface area contributed by atoms with E-state index in [1.165, 1.54) is 6.08 Å². The fraction of sp³-hybridized carbons (Fsp3) is 0. The SMILES string of the molecule is O=C(O)C=Cc1ccc(NC(=O)c2ccc3[nH]nnc3c2)cc1. The number of carbonyl (C=O) groups excluding carboxylic acids is 1. The zero-order valence-corrected chi connectivity index (χ0v) is 11.9. The molecule has 0 radical (unpaired) electrons. The Hall–Kier alpha value is -3.48. The molecule has 7 heteroatoms. The molecular formula is C16H12N4O3. The average Bonchev–Trinajstić information content (AvgIpc) is 3.01. The van der Waals surface area contributed by atoms with Gasteiger partial charge in [-0.1, -0.05) is 17.3 Å². The maximum absolute atomic E-state index is 12.2. The summed E-state index contributed by atoms with van der Waals surface area (Å²) in [5.74, 6) is -1.27. The first-order valence-electron chi connectivity index (χ1n) is 6.75. The Morgan fingerprint density at radius 3 is 2.65 bits per heavy atom. The normalized spacial score (nSPS) is 11.0. The lowest BCUT2D eigenvalue weighted by Crippen LogP contribution is -2.11. The molecule has 3 N–H and O–H groups in total. The number of hydrogen-bond donors (Lipinski definition) is 3. The minimum absolute atomic E-state index is 0.260. The second kappa shape index (κ2) is 6.10. The smallest absolute Gasteiger partial charge is 0.328 e. The number of rotatable bonds is 4. The highest BCUT2D eigenvalue weighted by atomic mass is 16.4. The summed E-state index contributed by atoms with van der Waals surface area (Å²) in [6, 6.07) is 11.9. The van der Waals surface area contributed by atoms with Crippen LogP contribution >= 0.6 is 0 Å². The summed E-state index contributed by atoms with van der Waals surface area (Å²) >= 11 is 0. The highest BCUT2D eigenvalue weighted by Crippen LogP contribution is 2.15. The van der Waals surface area contributed by atoms with E-state index in [4.69, 9.17) is 5.11 Å². The molecule has 1 amide bonds. The number of H-pyrrole nitrogens is 1. The number of aromatic nitrogens is 3. The van der Waals surface area contributed by atoms with Gasteiger partial charge in [-0.3, -0.25) is 9.89 Å². The number of carbonyl (C=O) groups is 2. The van der Waals surface area contributed by atoms with Crippen molar-refractivity contribution in [3.05, 3.63) is 59.7 Å². The van der Waals surface area contributed by atoms with Crippen LogP contribution < -0.4 is 5.32 Å². The predicted molar refractivity (Wildman–Crippen MR) is 85.0 cm³/mol. The van der Waals surface area contributed by atoms with E-state index in [1.807, 2.05) is 0 Å². The molecule has 0 saturated heterocycles. The third kappa shape index (κ3) is 3.41. The van der Waals surface area contributed by atoms with Gasteiger partial charge in [0.25, 0.3) is 5.91 Å². The molecule has 1 aromatic heterocycles. The Labute approximate surface area is 130 Å². The van der Waals surface area contributed by atoms with Crippen LogP contribution in [0.25, 0.3) is 17.1 Å². The number of benzene rings is 2. The summed E-state index contributed by atoms with van der Waals surface area (Å²) in [6.45, 7) is 0. The quantitative estimate of drug-likeness (QED) is 0.641. The van der Waals surface area contributed by atoms with Gasteiger partial charge in [0.05, 0.1) is 5.52 Å². The van der Waals surface area contributed by atoms with Crippen molar-refractivity contribution in [2.75, 3.05) is 5.32 Å². The van der Waals surface area contributed by atoms with Crippen LogP contribution in [0.15, 0.2) is 48.5 Å². The van der Waals surface area contributed by atoms with E-state index in [-0.39, 0.29) is 5.91 Å². The minimum atomic E-state index is -1.01. The Kier molecular flexibility index (Phi) is 3.84. The standard InChI is InChI=1S/C16H12N4O3/c21-15(22)8-3-10-1-5-12(6-2-10)17-16(23)11-4-7-13-14(9-11)19-20-18-13/h1-9H,(H,17,23)(H,21,22)(H,18,19,20). The number of carboxylic acid groups (broad SMARTS) is 1. The van der Waals surface area contributed by atoms with E-state index >= 15 is 0 Å². The molecule has 7 nitrogen and oxygen atoms in total. The molecular weight excluding hydrogens is 296 g/mol. The topological polar surface area (TPSA) is 108 Å². The lowest BCUT2D eigenvalue weighted by molar-refractivity contribution is -0.131. The first kappa shape index (κ1) is 14.5. The van der Waals surface area contributed by atoms with Gasteiger partial charge in [-0.2, -0.15) is 0 Å². The van der Waals surface area contributed by atoms with Crippen LogP contribution in [0.5, 0.6) is 0 Å². The van der Waals surface area contributed by atoms with Crippen molar-refractivity contribution in [1.82, 2.24) is 15.4 Å². The Morgan fingerprint density at radius 2 is 1.91 bits per heavy atom. The van der Waals surface area contributed by atoms with Crippen molar-refractivity contribution >= 4 is 34.7 Å². The van der Waals surface area contributed by atoms with Gasteiger partial charge in [-0.05, 0) is 42.0 Å². The summed E-state index contributed by atoms with van der Waals surface area (Å²) in [5.41, 5.74) is 3.20. The first-order chi connectivity index (χ1) is 11.1. The molecule has 1 heterocycles. The summed E-state index contributed by atoms with van der Waals surface area (Å²) in [4.78, 5) is 22.7. The van der Waals surface area contributed by atoms with Crippen molar-refractivity contribution in [2.45, 2.75) is 0 Å². The van der Waals surface area contributed by atoms with Crippen molar-refractivity contribution in [1.29, 1.82) is 0 Å². The number of nitrogens with one attached hydrogen (secondary N) is 2. The number of carboxylic acids is 1. The van der Waals surface area contributed by atoms with Gasteiger partial charge >= 0.3 is 5.97 Å². The van der Waals surface area contributed by atoms with Crippen LogP contribution in [0, 0.1) is 0 Å². The largest absolute Gasteiger partial charge is 0.478 e. The average molecular weight is 308 g/mol. The van der Waals surface area contributed by atoms with Gasteiger partial charge < -0.3 is 10.4 Å². The molecule has 0 aliphatic rings. The van der Waals surface area contributed by atoms with Gasteiger partial charge in [-0.25, -0.2) is 4.79 Å². The summed E-state index contributed by atoms with van der Waals surface area (Å²) in [7, 11) is 0. The number of anilines is 1. The van der Waals surface area contributed by atoms with Crippen LogP contribution in [0.2, 0.25) is 0 Å². The zero-order valence-electron chi connectivity index (χ0n) is 11.9. The highest BCUT2D eigenvalue weighted by Gasteiger charge is 2.08. The van der Waals surface area contributed by atoms with E-state index in [1.54, 1.807) is 42.5 Å². The highest BCUT2D eigenvalue weighted by molar-refractivity contribution is 6.05. The Bertz CT molecular complexity index is 897. The number of amides is 1. The molecule has 0 aliphatic carbocycles. The van der Waals surface area contributed by atoms with Crippen LogP contribution in [0.3, 0.4) is 0 Å². The molecule has 3 aromatic rings. The predicted octanol–water partition coefficient (Wildman–Crippen LogP) is 2.31. The number of hydrogen-bond acceptors (Lipinski definition) is 4. The number of aliphatic carboxylic acids is 1. The van der Waals surface area contributed by atoms with Crippen molar-refractivity contribution in [3.8, 4) is 0 Å². The fourth-order valence-electron chi connectivity index (χ4n) is 2.03. The van der Waals surface area contributed by atoms with E-state index in [2.05, 4.69) is 20.7 Å². The summed E-state index contributed by atoms with van der Waals surface area (Å²) in [6.07, 6.45) is 2.53. The van der Waals surface area contributed by atoms with E-state index in [0.717, 1.165) is 17.2 Å². The maximum Gasteiger partial charge on any atom is 0.328 e. The second-order valence-corrected chi connectivity index (χ2v) is 4.79. The number of fused-ring (bicyclic) bond motifs is 1. The molecule has 23 heavy (non-hydrogen) atoms. The molecule has 0 saturated carbocycles. The molecule has 0 aliphatic heterocycles. The molecule has 0 unspecified atom stereocenters. The second-order valence-electron chi connectivity index (χ2n) is 4.79. The zero-order chi connectivity index (χ0) is 16.2. The van der Waals surface area contributed by atoms with Crippen LogP contribution in [0.4, 0.5) is 5.69 Å².